The Balaban J connectivity index is 2.47. The monoisotopic (exact) mass is 226 g/mol. The van der Waals surface area contributed by atoms with Gasteiger partial charge in [0.15, 0.2) is 0 Å². The van der Waals surface area contributed by atoms with Crippen molar-refractivity contribution < 1.29 is 4.39 Å². The minimum atomic E-state index is -0.266. The molecule has 1 aromatic heterocycles. The maximum absolute atomic E-state index is 12.8. The van der Waals surface area contributed by atoms with Crippen molar-refractivity contribution in [3.63, 3.8) is 0 Å². The fourth-order valence-electron chi connectivity index (χ4n) is 1.65. The number of nitrogens with zero attached hydrogens (tertiary/aromatic N) is 2. The van der Waals surface area contributed by atoms with Crippen LogP contribution in [0.15, 0.2) is 36.4 Å². The highest BCUT2D eigenvalue weighted by molar-refractivity contribution is 5.60. The number of hydrogen-bond donors (Lipinski definition) is 0. The second-order valence-corrected chi connectivity index (χ2v) is 3.66. The van der Waals surface area contributed by atoms with Crippen molar-refractivity contribution in [2.75, 3.05) is 0 Å². The lowest BCUT2D eigenvalue weighted by molar-refractivity contribution is 0.628. The van der Waals surface area contributed by atoms with Crippen LogP contribution >= 0.6 is 0 Å². The van der Waals surface area contributed by atoms with E-state index < -0.39 is 0 Å². The van der Waals surface area contributed by atoms with Crippen molar-refractivity contribution in [1.29, 1.82) is 5.26 Å². The van der Waals surface area contributed by atoms with E-state index in [1.54, 1.807) is 24.3 Å². The lowest BCUT2D eigenvalue weighted by Crippen LogP contribution is -1.95. The van der Waals surface area contributed by atoms with E-state index in [1.807, 2.05) is 6.92 Å². The number of aryl methyl sites for hydroxylation is 1. The first-order chi connectivity index (χ1) is 8.24. The van der Waals surface area contributed by atoms with Gasteiger partial charge in [0.2, 0.25) is 0 Å². The van der Waals surface area contributed by atoms with Crippen LogP contribution in [0.2, 0.25) is 0 Å². The minimum absolute atomic E-state index is 0.266. The van der Waals surface area contributed by atoms with Crippen molar-refractivity contribution in [1.82, 2.24) is 4.98 Å². The van der Waals surface area contributed by atoms with E-state index in [9.17, 15) is 4.39 Å². The summed E-state index contributed by atoms with van der Waals surface area (Å²) in [6, 6.07) is 11.8. The molecule has 84 valence electrons. The van der Waals surface area contributed by atoms with Crippen LogP contribution in [0.25, 0.3) is 11.3 Å². The number of nitriles is 1. The number of hydrogen-bond acceptors (Lipinski definition) is 2. The zero-order valence-corrected chi connectivity index (χ0v) is 9.44. The highest BCUT2D eigenvalue weighted by Gasteiger charge is 2.05. The molecule has 0 unspecified atom stereocenters. The largest absolute Gasteiger partial charge is 0.251 e. The summed E-state index contributed by atoms with van der Waals surface area (Å²) in [4.78, 5) is 4.42. The fraction of sp³-hybridized carbons (Fsp3) is 0.143. The zero-order chi connectivity index (χ0) is 12.3. The molecule has 0 N–H and O–H groups in total. The molecule has 1 heterocycles. The van der Waals surface area contributed by atoms with Crippen LogP contribution < -0.4 is 0 Å². The Morgan fingerprint density at radius 2 is 1.88 bits per heavy atom. The van der Waals surface area contributed by atoms with Gasteiger partial charge in [-0.3, -0.25) is 4.98 Å². The van der Waals surface area contributed by atoms with E-state index in [4.69, 9.17) is 5.26 Å². The Morgan fingerprint density at radius 3 is 2.47 bits per heavy atom. The van der Waals surface area contributed by atoms with Gasteiger partial charge in [-0.25, -0.2) is 4.39 Å². The van der Waals surface area contributed by atoms with Crippen LogP contribution in [0.3, 0.4) is 0 Å². The predicted molar refractivity (Wildman–Crippen MR) is 63.7 cm³/mol. The van der Waals surface area contributed by atoms with Crippen molar-refractivity contribution in [3.8, 4) is 17.3 Å². The van der Waals surface area contributed by atoms with Crippen molar-refractivity contribution in [2.24, 2.45) is 0 Å². The van der Waals surface area contributed by atoms with Gasteiger partial charge in [-0.2, -0.15) is 5.26 Å². The lowest BCUT2D eigenvalue weighted by atomic mass is 10.1. The van der Waals surface area contributed by atoms with E-state index >= 15 is 0 Å². The van der Waals surface area contributed by atoms with Gasteiger partial charge in [-0.05, 0) is 42.8 Å². The van der Waals surface area contributed by atoms with Gasteiger partial charge in [-0.1, -0.05) is 6.92 Å². The molecule has 1 aromatic carbocycles. The summed E-state index contributed by atoms with van der Waals surface area (Å²) in [6.45, 7) is 1.96. The molecule has 0 bridgehead atoms. The second-order valence-electron chi connectivity index (χ2n) is 3.66. The van der Waals surface area contributed by atoms with Crippen LogP contribution in [-0.2, 0) is 6.42 Å². The molecule has 0 fully saturated rings. The zero-order valence-electron chi connectivity index (χ0n) is 9.44. The highest BCUT2D eigenvalue weighted by Crippen LogP contribution is 2.19. The Hall–Kier alpha value is -2.21. The number of aromatic nitrogens is 1. The van der Waals surface area contributed by atoms with Crippen LogP contribution in [-0.4, -0.2) is 4.98 Å². The summed E-state index contributed by atoms with van der Waals surface area (Å²) in [5.74, 6) is -0.266. The molecule has 0 atom stereocenters. The summed E-state index contributed by atoms with van der Waals surface area (Å²) < 4.78 is 12.8. The van der Waals surface area contributed by atoms with Gasteiger partial charge >= 0.3 is 0 Å². The summed E-state index contributed by atoms with van der Waals surface area (Å²) in [5.41, 5.74) is 2.99. The molecule has 17 heavy (non-hydrogen) atoms. The molecule has 0 aliphatic carbocycles. The molecule has 3 heteroatoms. The maximum Gasteiger partial charge on any atom is 0.123 e. The number of benzene rings is 1. The smallest absolute Gasteiger partial charge is 0.123 e. The third kappa shape index (κ3) is 2.31. The molecule has 2 nitrogen and oxygen atoms in total. The van der Waals surface area contributed by atoms with Crippen molar-refractivity contribution >= 4 is 0 Å². The number of rotatable bonds is 2. The molecular weight excluding hydrogens is 215 g/mol. The highest BCUT2D eigenvalue weighted by atomic mass is 19.1. The first kappa shape index (κ1) is 11.3. The number of halogens is 1. The Bertz CT molecular complexity index is 568. The molecule has 0 aliphatic rings. The molecule has 2 rings (SSSR count). The average Bonchev–Trinajstić information content (AvgIpc) is 2.39. The summed E-state index contributed by atoms with van der Waals surface area (Å²) >= 11 is 0. The second kappa shape index (κ2) is 4.75. The molecular formula is C14H11FN2. The van der Waals surface area contributed by atoms with E-state index in [-0.39, 0.29) is 5.82 Å². The predicted octanol–water partition coefficient (Wildman–Crippen LogP) is 3.32. The normalized spacial score (nSPS) is 9.94. The van der Waals surface area contributed by atoms with Gasteiger partial charge in [0.25, 0.3) is 0 Å². The molecule has 2 aromatic rings. The van der Waals surface area contributed by atoms with Gasteiger partial charge in [0.05, 0.1) is 17.0 Å². The topological polar surface area (TPSA) is 36.7 Å². The molecule has 0 radical (unpaired) electrons. The van der Waals surface area contributed by atoms with Crippen LogP contribution in [0.1, 0.15) is 18.2 Å². The Morgan fingerprint density at radius 1 is 1.18 bits per heavy atom. The Kier molecular flexibility index (Phi) is 3.15. The van der Waals surface area contributed by atoms with E-state index in [2.05, 4.69) is 11.1 Å². The first-order valence-electron chi connectivity index (χ1n) is 5.40. The SMILES string of the molecule is CCc1nc(-c2ccc(F)cc2)ccc1C#N. The van der Waals surface area contributed by atoms with Crippen molar-refractivity contribution in [3.05, 3.63) is 53.5 Å². The van der Waals surface area contributed by atoms with Gasteiger partial charge in [0, 0.05) is 5.56 Å². The van der Waals surface area contributed by atoms with E-state index in [0.29, 0.717) is 12.0 Å². The molecule has 0 spiro atoms. The molecule has 0 saturated carbocycles. The van der Waals surface area contributed by atoms with Crippen LogP contribution in [0.5, 0.6) is 0 Å². The standard InChI is InChI=1S/C14H11FN2/c1-2-13-11(9-16)5-8-14(17-13)10-3-6-12(15)7-4-10/h3-8H,2H2,1H3. The first-order valence-corrected chi connectivity index (χ1v) is 5.40. The van der Waals surface area contributed by atoms with Gasteiger partial charge < -0.3 is 0 Å². The van der Waals surface area contributed by atoms with E-state index in [1.165, 1.54) is 12.1 Å². The fourth-order valence-corrected chi connectivity index (χ4v) is 1.65. The lowest BCUT2D eigenvalue weighted by Gasteiger charge is -2.04. The summed E-state index contributed by atoms with van der Waals surface area (Å²) in [6.07, 6.45) is 0.706. The molecule has 0 saturated heterocycles. The van der Waals surface area contributed by atoms with Crippen LogP contribution in [0, 0.1) is 17.1 Å². The maximum atomic E-state index is 12.8. The Labute approximate surface area is 99.4 Å². The van der Waals surface area contributed by atoms with Gasteiger partial charge in [0.1, 0.15) is 11.9 Å². The number of pyridine rings is 1. The third-order valence-corrected chi connectivity index (χ3v) is 2.57. The van der Waals surface area contributed by atoms with E-state index in [0.717, 1.165) is 17.0 Å². The van der Waals surface area contributed by atoms with Crippen LogP contribution in [0.4, 0.5) is 4.39 Å². The quantitative estimate of drug-likeness (QED) is 0.787. The average molecular weight is 226 g/mol. The van der Waals surface area contributed by atoms with Crippen molar-refractivity contribution in [2.45, 2.75) is 13.3 Å². The minimum Gasteiger partial charge on any atom is -0.251 e. The third-order valence-electron chi connectivity index (χ3n) is 2.57. The van der Waals surface area contributed by atoms with Gasteiger partial charge in [-0.15, -0.1) is 0 Å². The summed E-state index contributed by atoms with van der Waals surface area (Å²) in [7, 11) is 0. The molecule has 0 amide bonds. The molecule has 0 aliphatic heterocycles. The summed E-state index contributed by atoms with van der Waals surface area (Å²) in [5, 5.41) is 8.91.